The lowest BCUT2D eigenvalue weighted by Gasteiger charge is -2.44. The van der Waals surface area contributed by atoms with Gasteiger partial charge in [0.2, 0.25) is 5.70 Å². The van der Waals surface area contributed by atoms with E-state index in [1.165, 1.54) is 27.7 Å². The van der Waals surface area contributed by atoms with Gasteiger partial charge in [-0.1, -0.05) is 22.9 Å². The molecule has 0 radical (unpaired) electrons. The second-order valence-corrected chi connectivity index (χ2v) is 8.60. The zero-order valence-corrected chi connectivity index (χ0v) is 21.1. The second kappa shape index (κ2) is 11.4. The summed E-state index contributed by atoms with van der Waals surface area (Å²) < 4.78 is 29.9. The maximum Gasteiger partial charge on any atom is 0.303 e. The van der Waals surface area contributed by atoms with Gasteiger partial charge in [0.1, 0.15) is 24.9 Å². The zero-order chi connectivity index (χ0) is 26.6. The van der Waals surface area contributed by atoms with Crippen molar-refractivity contribution in [1.29, 1.82) is 0 Å². The van der Waals surface area contributed by atoms with Crippen molar-refractivity contribution in [2.75, 3.05) is 13.7 Å². The molecule has 0 spiro atoms. The topological polar surface area (TPSA) is 130 Å². The Labute approximate surface area is 209 Å². The van der Waals surface area contributed by atoms with Crippen molar-refractivity contribution in [3.63, 3.8) is 0 Å². The molecule has 1 saturated heterocycles. The van der Waals surface area contributed by atoms with Crippen LogP contribution in [0.15, 0.2) is 41.0 Å². The molecular weight excluding hydrogens is 472 g/mol. The first kappa shape index (κ1) is 27.0. The van der Waals surface area contributed by atoms with Crippen LogP contribution in [-0.4, -0.2) is 78.8 Å². The van der Waals surface area contributed by atoms with Crippen molar-refractivity contribution >= 4 is 29.6 Å². The van der Waals surface area contributed by atoms with Crippen LogP contribution >= 0.6 is 0 Å². The fraction of sp³-hybridized carbons (Fsp3) is 0.520. The third kappa shape index (κ3) is 6.14. The van der Waals surface area contributed by atoms with Gasteiger partial charge in [-0.2, -0.15) is 0 Å². The molecule has 1 aromatic rings. The Kier molecular flexibility index (Phi) is 8.57. The van der Waals surface area contributed by atoms with Crippen LogP contribution in [0.4, 0.5) is 0 Å². The van der Waals surface area contributed by atoms with Gasteiger partial charge >= 0.3 is 23.9 Å². The van der Waals surface area contributed by atoms with E-state index in [-0.39, 0.29) is 6.61 Å². The van der Waals surface area contributed by atoms with Crippen molar-refractivity contribution in [3.05, 3.63) is 41.5 Å². The number of rotatable bonds is 7. The van der Waals surface area contributed by atoms with Crippen LogP contribution in [0.1, 0.15) is 40.2 Å². The Morgan fingerprint density at radius 3 is 1.97 bits per heavy atom. The Hall–Kier alpha value is -3.60. The molecule has 3 rings (SSSR count). The number of esters is 4. The van der Waals surface area contributed by atoms with E-state index in [2.05, 4.69) is 5.11 Å². The average molecular weight is 504 g/mol. The Morgan fingerprint density at radius 2 is 1.42 bits per heavy atom. The first-order valence-corrected chi connectivity index (χ1v) is 11.5. The van der Waals surface area contributed by atoms with Gasteiger partial charge in [0.15, 0.2) is 25.4 Å². The minimum absolute atomic E-state index is 0.288. The van der Waals surface area contributed by atoms with Crippen molar-refractivity contribution in [1.82, 2.24) is 0 Å². The second-order valence-electron chi connectivity index (χ2n) is 8.60. The molecule has 0 aliphatic carbocycles. The smallest absolute Gasteiger partial charge is 0.303 e. The fourth-order valence-corrected chi connectivity index (χ4v) is 4.57. The lowest BCUT2D eigenvalue weighted by Crippen LogP contribution is -2.63. The minimum Gasteiger partial charge on any atom is -0.463 e. The number of carbonyl (C=O) groups excluding carboxylic acids is 4. The summed E-state index contributed by atoms with van der Waals surface area (Å²) in [5.74, 6) is -2.58. The van der Waals surface area contributed by atoms with E-state index >= 15 is 0 Å². The predicted molar refractivity (Wildman–Crippen MR) is 123 cm³/mol. The standard InChI is InChI=1S/C25H31N2O9/c1-13-20(21(27(6)26-13)18-10-8-7-9-11-18)23-25(35-17(5)31)24(34-16(4)30)22(33-15(3)29)19(36-23)12-32-14(2)28/h7-11,13,19,22-25H,12H2,1-6H3/q+1/t13?,19-,22-,23+,24+,25+/m1/s1. The molecule has 2 heterocycles. The molecule has 2 aliphatic rings. The highest BCUT2D eigenvalue weighted by molar-refractivity contribution is 5.70. The minimum atomic E-state index is -1.24. The summed E-state index contributed by atoms with van der Waals surface area (Å²) >= 11 is 0. The summed E-state index contributed by atoms with van der Waals surface area (Å²) in [7, 11) is 1.79. The molecule has 0 N–H and O–H groups in total. The number of azo groups is 2. The van der Waals surface area contributed by atoms with Crippen LogP contribution in [-0.2, 0) is 42.9 Å². The monoisotopic (exact) mass is 503 g/mol. The highest BCUT2D eigenvalue weighted by Gasteiger charge is 2.56. The number of carbonyl (C=O) groups is 4. The van der Waals surface area contributed by atoms with Gasteiger partial charge in [0.05, 0.1) is 5.57 Å². The quantitative estimate of drug-likeness (QED) is 0.312. The van der Waals surface area contributed by atoms with Crippen LogP contribution in [0.25, 0.3) is 5.70 Å². The van der Waals surface area contributed by atoms with Crippen LogP contribution in [0.2, 0.25) is 0 Å². The summed E-state index contributed by atoms with van der Waals surface area (Å²) in [5.41, 5.74) is 2.24. The summed E-state index contributed by atoms with van der Waals surface area (Å²) in [6.45, 7) is 6.39. The van der Waals surface area contributed by atoms with E-state index in [0.29, 0.717) is 5.57 Å². The van der Waals surface area contributed by atoms with Crippen LogP contribution in [0.5, 0.6) is 0 Å². The molecule has 6 atom stereocenters. The van der Waals surface area contributed by atoms with E-state index in [9.17, 15) is 19.2 Å². The Bertz CT molecular complexity index is 1080. The zero-order valence-electron chi connectivity index (χ0n) is 21.1. The van der Waals surface area contributed by atoms with Crippen LogP contribution < -0.4 is 0 Å². The van der Waals surface area contributed by atoms with Crippen molar-refractivity contribution in [2.24, 2.45) is 5.11 Å². The Balaban J connectivity index is 2.19. The van der Waals surface area contributed by atoms with E-state index < -0.39 is 60.4 Å². The normalized spacial score (nSPS) is 27.7. The molecule has 194 valence electrons. The lowest BCUT2D eigenvalue weighted by molar-refractivity contribution is -0.469. The Morgan fingerprint density at radius 1 is 0.861 bits per heavy atom. The number of nitrogens with zero attached hydrogens (tertiary/aromatic N) is 2. The number of hydrogen-bond donors (Lipinski definition) is 0. The highest BCUT2D eigenvalue weighted by atomic mass is 16.7. The van der Waals surface area contributed by atoms with Crippen LogP contribution in [0, 0.1) is 0 Å². The van der Waals surface area contributed by atoms with Gasteiger partial charge < -0.3 is 23.7 Å². The molecule has 11 nitrogen and oxygen atoms in total. The molecule has 36 heavy (non-hydrogen) atoms. The average Bonchev–Trinajstić information content (AvgIpc) is 3.08. The predicted octanol–water partition coefficient (Wildman–Crippen LogP) is 2.02. The first-order valence-electron chi connectivity index (χ1n) is 11.5. The van der Waals surface area contributed by atoms with Gasteiger partial charge in [-0.25, -0.2) is 0 Å². The molecule has 2 aliphatic heterocycles. The van der Waals surface area contributed by atoms with E-state index in [4.69, 9.17) is 23.7 Å². The molecule has 0 saturated carbocycles. The van der Waals surface area contributed by atoms with Crippen LogP contribution in [0.3, 0.4) is 0 Å². The fourth-order valence-electron chi connectivity index (χ4n) is 4.57. The largest absolute Gasteiger partial charge is 0.463 e. The van der Waals surface area contributed by atoms with E-state index in [1.54, 1.807) is 11.7 Å². The molecule has 1 aromatic carbocycles. The van der Waals surface area contributed by atoms with Gasteiger partial charge in [0.25, 0.3) is 0 Å². The first-order chi connectivity index (χ1) is 17.0. The van der Waals surface area contributed by atoms with Gasteiger partial charge in [-0.05, 0) is 24.2 Å². The summed E-state index contributed by atoms with van der Waals surface area (Å²) in [5, 5.41) is 4.63. The molecular formula is C25H31N2O9+. The molecule has 11 heteroatoms. The van der Waals surface area contributed by atoms with Gasteiger partial charge in [-0.3, -0.25) is 19.2 Å². The molecule has 0 amide bonds. The summed E-state index contributed by atoms with van der Waals surface area (Å²) in [4.78, 5) is 47.8. The lowest BCUT2D eigenvalue weighted by atomic mass is 9.86. The highest BCUT2D eigenvalue weighted by Crippen LogP contribution is 2.39. The number of benzene rings is 1. The number of hydrogen-bond acceptors (Lipinski definition) is 10. The molecule has 1 unspecified atom stereocenters. The van der Waals surface area contributed by atoms with Crippen molar-refractivity contribution in [2.45, 2.75) is 71.2 Å². The van der Waals surface area contributed by atoms with Gasteiger partial charge in [0, 0.05) is 33.3 Å². The van der Waals surface area contributed by atoms with Crippen molar-refractivity contribution < 1.29 is 47.6 Å². The summed E-state index contributed by atoms with van der Waals surface area (Å²) in [6.07, 6.45) is -5.62. The van der Waals surface area contributed by atoms with Gasteiger partial charge in [-0.15, -0.1) is 0 Å². The third-order valence-electron chi connectivity index (χ3n) is 5.74. The SMILES string of the molecule is CC(=O)OC[C@H]1O[C@@H](C2=C(c3ccccc3)[N+](C)=NC2C)[C@H](OC(C)=O)[C@@H](OC(C)=O)[C@@H]1OC(C)=O. The van der Waals surface area contributed by atoms with Crippen molar-refractivity contribution in [3.8, 4) is 0 Å². The third-order valence-corrected chi connectivity index (χ3v) is 5.74. The maximum atomic E-state index is 12.2. The molecule has 1 fully saturated rings. The molecule has 0 bridgehead atoms. The maximum absolute atomic E-state index is 12.2. The number of ether oxygens (including phenoxy) is 5. The summed E-state index contributed by atoms with van der Waals surface area (Å²) in [6, 6.07) is 9.06. The molecule has 0 aromatic heterocycles. The van der Waals surface area contributed by atoms with E-state index in [0.717, 1.165) is 11.3 Å². The van der Waals surface area contributed by atoms with E-state index in [1.807, 2.05) is 37.3 Å².